The zero-order valence-corrected chi connectivity index (χ0v) is 17.7. The first-order valence-corrected chi connectivity index (χ1v) is 10.7. The van der Waals surface area contributed by atoms with Gasteiger partial charge >= 0.3 is 0 Å². The number of ether oxygens (including phenoxy) is 2. The Kier molecular flexibility index (Phi) is 5.17. The lowest BCUT2D eigenvalue weighted by molar-refractivity contribution is 0.171. The van der Waals surface area contributed by atoms with Crippen molar-refractivity contribution in [3.8, 4) is 21.9 Å². The second-order valence-electron chi connectivity index (χ2n) is 7.49. The molecule has 0 fully saturated rings. The number of nitrogens with one attached hydrogen (secondary N) is 1. The van der Waals surface area contributed by atoms with Gasteiger partial charge in [-0.05, 0) is 48.5 Å². The number of fused-ring (bicyclic) bond motifs is 2. The number of hydrogen-bond donors (Lipinski definition) is 1. The fourth-order valence-electron chi connectivity index (χ4n) is 3.63. The van der Waals surface area contributed by atoms with Gasteiger partial charge in [-0.25, -0.2) is 9.37 Å². The third kappa shape index (κ3) is 4.17. The second kappa shape index (κ2) is 8.13. The summed E-state index contributed by atoms with van der Waals surface area (Å²) in [6, 6.07) is 14.0. The van der Waals surface area contributed by atoms with Gasteiger partial charge in [0.25, 0.3) is 5.56 Å². The van der Waals surface area contributed by atoms with Crippen LogP contribution in [0.15, 0.2) is 53.3 Å². The van der Waals surface area contributed by atoms with Gasteiger partial charge in [0.15, 0.2) is 11.5 Å². The van der Waals surface area contributed by atoms with E-state index >= 15 is 0 Å². The predicted octanol–water partition coefficient (Wildman–Crippen LogP) is 4.19. The van der Waals surface area contributed by atoms with Gasteiger partial charge in [-0.15, -0.1) is 11.3 Å². The first-order chi connectivity index (χ1) is 15.0. The first kappa shape index (κ1) is 19.7. The SMILES string of the molecule is CN(Cc1ccc2c(c1)OCCO2)Cc1nc2cc(-c3ccc(F)cc3)sc2c(=O)[nH]1. The molecule has 1 N–H and O–H groups in total. The lowest BCUT2D eigenvalue weighted by Gasteiger charge is -2.20. The first-order valence-electron chi connectivity index (χ1n) is 9.91. The Morgan fingerprint density at radius 1 is 1.06 bits per heavy atom. The summed E-state index contributed by atoms with van der Waals surface area (Å²) in [6.45, 7) is 2.28. The number of thiophene rings is 1. The molecular formula is C23H20FN3O3S. The van der Waals surface area contributed by atoms with E-state index in [2.05, 4.69) is 14.9 Å². The Hall–Kier alpha value is -3.23. The van der Waals surface area contributed by atoms with E-state index in [9.17, 15) is 9.18 Å². The predicted molar refractivity (Wildman–Crippen MR) is 118 cm³/mol. The maximum Gasteiger partial charge on any atom is 0.268 e. The van der Waals surface area contributed by atoms with Gasteiger partial charge in [0.2, 0.25) is 0 Å². The normalized spacial score (nSPS) is 13.1. The van der Waals surface area contributed by atoms with Crippen LogP contribution in [-0.4, -0.2) is 35.1 Å². The molecule has 0 spiro atoms. The molecule has 1 aliphatic rings. The zero-order valence-electron chi connectivity index (χ0n) is 16.9. The van der Waals surface area contributed by atoms with Gasteiger partial charge in [-0.2, -0.15) is 0 Å². The standard InChI is InChI=1S/C23H20FN3O3S/c1-27(12-14-2-7-18-19(10-14)30-9-8-29-18)13-21-25-17-11-20(31-22(17)23(28)26-21)15-3-5-16(24)6-4-15/h2-7,10-11H,8-9,12-13H2,1H3,(H,25,26,28). The maximum absolute atomic E-state index is 13.2. The number of aromatic nitrogens is 2. The average molecular weight is 437 g/mol. The maximum atomic E-state index is 13.2. The number of H-pyrrole nitrogens is 1. The van der Waals surface area contributed by atoms with Crippen molar-refractivity contribution in [2.24, 2.45) is 0 Å². The van der Waals surface area contributed by atoms with Crippen molar-refractivity contribution in [3.63, 3.8) is 0 Å². The Bertz CT molecular complexity index is 1300. The van der Waals surface area contributed by atoms with E-state index in [1.165, 1.54) is 23.5 Å². The monoisotopic (exact) mass is 437 g/mol. The number of rotatable bonds is 5. The van der Waals surface area contributed by atoms with Crippen LogP contribution in [0.1, 0.15) is 11.4 Å². The van der Waals surface area contributed by atoms with E-state index in [1.807, 2.05) is 31.3 Å². The molecule has 3 heterocycles. The molecule has 31 heavy (non-hydrogen) atoms. The van der Waals surface area contributed by atoms with Gasteiger partial charge in [0.05, 0.1) is 12.1 Å². The van der Waals surface area contributed by atoms with Crippen LogP contribution < -0.4 is 15.0 Å². The largest absolute Gasteiger partial charge is 0.486 e. The fraction of sp³-hybridized carbons (Fsp3) is 0.217. The highest BCUT2D eigenvalue weighted by Crippen LogP contribution is 2.32. The smallest absolute Gasteiger partial charge is 0.268 e. The van der Waals surface area contributed by atoms with Crippen LogP contribution in [0.5, 0.6) is 11.5 Å². The summed E-state index contributed by atoms with van der Waals surface area (Å²) in [4.78, 5) is 23.1. The van der Waals surface area contributed by atoms with Crippen LogP contribution in [0, 0.1) is 5.82 Å². The molecule has 8 heteroatoms. The lowest BCUT2D eigenvalue weighted by Crippen LogP contribution is -2.22. The zero-order chi connectivity index (χ0) is 21.4. The molecule has 6 nitrogen and oxygen atoms in total. The van der Waals surface area contributed by atoms with Gasteiger partial charge in [-0.3, -0.25) is 9.69 Å². The quantitative estimate of drug-likeness (QED) is 0.507. The highest BCUT2D eigenvalue weighted by atomic mass is 32.1. The van der Waals surface area contributed by atoms with Crippen LogP contribution in [0.25, 0.3) is 20.7 Å². The van der Waals surface area contributed by atoms with Crippen molar-refractivity contribution in [1.29, 1.82) is 0 Å². The molecule has 0 aliphatic carbocycles. The lowest BCUT2D eigenvalue weighted by atomic mass is 10.2. The molecule has 2 aromatic heterocycles. The van der Waals surface area contributed by atoms with Gasteiger partial charge in [0.1, 0.15) is 29.6 Å². The minimum atomic E-state index is -0.288. The minimum Gasteiger partial charge on any atom is -0.486 e. The number of benzene rings is 2. The number of aromatic amines is 1. The van der Waals surface area contributed by atoms with Crippen LogP contribution in [-0.2, 0) is 13.1 Å². The van der Waals surface area contributed by atoms with Crippen LogP contribution in [0.3, 0.4) is 0 Å². The second-order valence-corrected chi connectivity index (χ2v) is 8.55. The number of halogens is 1. The molecule has 5 rings (SSSR count). The van der Waals surface area contributed by atoms with E-state index in [0.29, 0.717) is 42.3 Å². The fourth-order valence-corrected chi connectivity index (χ4v) is 4.63. The van der Waals surface area contributed by atoms with E-state index in [1.54, 1.807) is 12.1 Å². The van der Waals surface area contributed by atoms with E-state index in [4.69, 9.17) is 9.47 Å². The number of hydrogen-bond acceptors (Lipinski definition) is 6. The molecule has 158 valence electrons. The molecule has 4 aromatic rings. The third-order valence-corrected chi connectivity index (χ3v) is 6.21. The molecule has 0 atom stereocenters. The van der Waals surface area contributed by atoms with E-state index in [0.717, 1.165) is 27.5 Å². The average Bonchev–Trinajstić information content (AvgIpc) is 3.19. The molecule has 0 unspecified atom stereocenters. The molecular weight excluding hydrogens is 417 g/mol. The molecule has 2 aromatic carbocycles. The van der Waals surface area contributed by atoms with E-state index < -0.39 is 0 Å². The van der Waals surface area contributed by atoms with Crippen molar-refractivity contribution in [3.05, 3.63) is 76.1 Å². The van der Waals surface area contributed by atoms with Crippen LogP contribution in [0.2, 0.25) is 0 Å². The topological polar surface area (TPSA) is 67.5 Å². The summed E-state index contributed by atoms with van der Waals surface area (Å²) in [6.07, 6.45) is 0. The van der Waals surface area contributed by atoms with Gasteiger partial charge in [0, 0.05) is 11.4 Å². The Balaban J connectivity index is 1.35. The number of nitrogens with zero attached hydrogens (tertiary/aromatic N) is 2. The molecule has 0 radical (unpaired) electrons. The Morgan fingerprint density at radius 2 is 1.84 bits per heavy atom. The summed E-state index contributed by atoms with van der Waals surface area (Å²) >= 11 is 1.36. The summed E-state index contributed by atoms with van der Waals surface area (Å²) in [5.41, 5.74) is 2.44. The molecule has 0 saturated heterocycles. The Morgan fingerprint density at radius 3 is 2.65 bits per heavy atom. The highest BCUT2D eigenvalue weighted by Gasteiger charge is 2.14. The molecule has 0 amide bonds. The molecule has 0 bridgehead atoms. The summed E-state index contributed by atoms with van der Waals surface area (Å²) in [5.74, 6) is 1.84. The summed E-state index contributed by atoms with van der Waals surface area (Å²) in [5, 5.41) is 0. The van der Waals surface area contributed by atoms with Crippen molar-refractivity contribution < 1.29 is 13.9 Å². The van der Waals surface area contributed by atoms with Crippen molar-refractivity contribution in [2.45, 2.75) is 13.1 Å². The molecule has 1 aliphatic heterocycles. The third-order valence-electron chi connectivity index (χ3n) is 5.04. The summed E-state index contributed by atoms with van der Waals surface area (Å²) < 4.78 is 25.0. The Labute approximate surface area is 181 Å². The van der Waals surface area contributed by atoms with Crippen molar-refractivity contribution in [1.82, 2.24) is 14.9 Å². The van der Waals surface area contributed by atoms with Gasteiger partial charge in [-0.1, -0.05) is 18.2 Å². The highest BCUT2D eigenvalue weighted by molar-refractivity contribution is 7.22. The minimum absolute atomic E-state index is 0.161. The van der Waals surface area contributed by atoms with Crippen LogP contribution in [0.4, 0.5) is 4.39 Å². The van der Waals surface area contributed by atoms with E-state index in [-0.39, 0.29) is 11.4 Å². The van der Waals surface area contributed by atoms with Crippen molar-refractivity contribution >= 4 is 21.6 Å². The van der Waals surface area contributed by atoms with Crippen LogP contribution >= 0.6 is 11.3 Å². The summed E-state index contributed by atoms with van der Waals surface area (Å²) in [7, 11) is 1.97. The van der Waals surface area contributed by atoms with Gasteiger partial charge < -0.3 is 14.5 Å². The van der Waals surface area contributed by atoms with Crippen molar-refractivity contribution in [2.75, 3.05) is 20.3 Å². The molecule has 0 saturated carbocycles.